The molecule has 0 aliphatic carbocycles. The standard InChI is InChI=1S/2C18H14.3C16H14/c1-11-9-13-5-4-8-16-12(2)10-14-6-3-7-15(11)17(14)18(13)16;1-11-3-5-13-8-10-16-12(2)4-6-14-7-9-15(11)17(13)18(14)16;1-11-3-5-13-10-16-8-12(2)4-6-14(16)9-15(13)7-11;1-11-6-5-9-15-12(2)14-8-4-3-7-13(14)10-16(11)15;1-11-7-8-12(2)16-10-14-6-4-3-5-13(14)9-15(11)16/h2*3-10H,1-2H3;3*3-10H,1-2H3. The molecule has 0 heterocycles. The minimum atomic E-state index is 1.32. The summed E-state index contributed by atoms with van der Waals surface area (Å²) < 4.78 is 0. The molecule has 0 aliphatic rings. The van der Waals surface area contributed by atoms with Gasteiger partial charge in [-0.15, -0.1) is 0 Å². The van der Waals surface area contributed by atoms with Crippen LogP contribution in [0.25, 0.3) is 129 Å². The Kier molecular flexibility index (Phi) is 14.0. The molecule has 0 aliphatic heterocycles. The minimum absolute atomic E-state index is 1.32. The maximum atomic E-state index is 2.31. The summed E-state index contributed by atoms with van der Waals surface area (Å²) >= 11 is 0. The van der Waals surface area contributed by atoms with Crippen LogP contribution in [-0.2, 0) is 0 Å². The lowest BCUT2D eigenvalue weighted by Crippen LogP contribution is -1.88. The van der Waals surface area contributed by atoms with Crippen molar-refractivity contribution >= 4 is 129 Å². The fourth-order valence-corrected chi connectivity index (χ4v) is 13.3. The summed E-state index contributed by atoms with van der Waals surface area (Å²) in [5.41, 5.74) is 13.5. The van der Waals surface area contributed by atoms with E-state index in [0.717, 1.165) is 0 Å². The SMILES string of the molecule is Cc1cc2cccc3c(C)cc4cccc1c4c23.Cc1ccc(C)c2cc3ccccc3cc12.Cc1ccc2cc3cc(C)ccc3cc2c1.Cc1ccc2ccc3c(C)ccc4ccc1c2c43.Cc1cccc2c(C)c3ccccc3cc12. The van der Waals surface area contributed by atoms with Crippen LogP contribution >= 0.6 is 0 Å². The molecule has 0 fully saturated rings. The Morgan fingerprint density at radius 2 is 0.476 bits per heavy atom. The van der Waals surface area contributed by atoms with Crippen molar-refractivity contribution in [1.82, 2.24) is 0 Å². The third kappa shape index (κ3) is 9.86. The summed E-state index contributed by atoms with van der Waals surface area (Å²) in [4.78, 5) is 0. The first kappa shape index (κ1) is 53.7. The molecular formula is C84H70. The Labute approximate surface area is 493 Å². The van der Waals surface area contributed by atoms with Gasteiger partial charge in [-0.05, 0) is 273 Å². The van der Waals surface area contributed by atoms with Gasteiger partial charge in [0.1, 0.15) is 0 Å². The third-order valence-electron chi connectivity index (χ3n) is 18.0. The monoisotopic (exact) mass is 1080 g/mol. The number of benzene rings is 17. The van der Waals surface area contributed by atoms with Crippen LogP contribution in [0.15, 0.2) is 243 Å². The van der Waals surface area contributed by atoms with Crippen LogP contribution in [0, 0.1) is 69.2 Å². The molecule has 17 rings (SSSR count). The maximum absolute atomic E-state index is 2.31. The van der Waals surface area contributed by atoms with Crippen molar-refractivity contribution in [3.63, 3.8) is 0 Å². The summed E-state index contributed by atoms with van der Waals surface area (Å²) in [6.07, 6.45) is 0. The molecule has 0 aromatic heterocycles. The first-order valence-corrected chi connectivity index (χ1v) is 29.7. The molecule has 17 aromatic carbocycles. The zero-order valence-electron chi connectivity index (χ0n) is 50.1. The van der Waals surface area contributed by atoms with Gasteiger partial charge in [-0.25, -0.2) is 0 Å². The summed E-state index contributed by atoms with van der Waals surface area (Å²) in [6.45, 7) is 21.8. The molecule has 84 heavy (non-hydrogen) atoms. The molecule has 406 valence electrons. The number of aryl methyl sites for hydroxylation is 10. The Morgan fingerprint density at radius 1 is 0.155 bits per heavy atom. The van der Waals surface area contributed by atoms with E-state index in [4.69, 9.17) is 0 Å². The van der Waals surface area contributed by atoms with E-state index in [9.17, 15) is 0 Å². The van der Waals surface area contributed by atoms with Crippen LogP contribution in [-0.4, -0.2) is 0 Å². The minimum Gasteiger partial charge on any atom is -0.0616 e. The highest BCUT2D eigenvalue weighted by Gasteiger charge is 2.13. The smallest absolute Gasteiger partial charge is 0.00239 e. The Bertz CT molecular complexity index is 5050. The molecule has 0 unspecified atom stereocenters. The van der Waals surface area contributed by atoms with Gasteiger partial charge < -0.3 is 0 Å². The highest BCUT2D eigenvalue weighted by Crippen LogP contribution is 2.40. The van der Waals surface area contributed by atoms with Crippen molar-refractivity contribution in [2.75, 3.05) is 0 Å². The Balaban J connectivity index is 0.0000000981. The highest BCUT2D eigenvalue weighted by molar-refractivity contribution is 6.25. The molecule has 0 nitrogen and oxygen atoms in total. The molecule has 0 amide bonds. The van der Waals surface area contributed by atoms with Gasteiger partial charge in [-0.2, -0.15) is 0 Å². The topological polar surface area (TPSA) is 0 Å². The number of rotatable bonds is 0. The lowest BCUT2D eigenvalue weighted by atomic mass is 9.90. The van der Waals surface area contributed by atoms with E-state index in [1.807, 2.05) is 0 Å². The van der Waals surface area contributed by atoms with Gasteiger partial charge in [0.15, 0.2) is 0 Å². The van der Waals surface area contributed by atoms with E-state index < -0.39 is 0 Å². The predicted octanol–water partition coefficient (Wildman–Crippen LogP) is 24.2. The van der Waals surface area contributed by atoms with Crippen molar-refractivity contribution in [2.24, 2.45) is 0 Å². The van der Waals surface area contributed by atoms with Crippen molar-refractivity contribution in [2.45, 2.75) is 69.2 Å². The van der Waals surface area contributed by atoms with Crippen LogP contribution in [0.5, 0.6) is 0 Å². The molecule has 0 spiro atoms. The third-order valence-corrected chi connectivity index (χ3v) is 18.0. The predicted molar refractivity (Wildman–Crippen MR) is 372 cm³/mol. The lowest BCUT2D eigenvalue weighted by molar-refractivity contribution is 1.47. The molecule has 0 atom stereocenters. The van der Waals surface area contributed by atoms with Crippen molar-refractivity contribution < 1.29 is 0 Å². The molecule has 0 N–H and O–H groups in total. The van der Waals surface area contributed by atoms with Gasteiger partial charge >= 0.3 is 0 Å². The summed E-state index contributed by atoms with van der Waals surface area (Å²) in [5, 5.41) is 32.8. The average Bonchev–Trinajstić information content (AvgIpc) is 1.23. The van der Waals surface area contributed by atoms with E-state index in [0.29, 0.717) is 0 Å². The van der Waals surface area contributed by atoms with Gasteiger partial charge in [0.25, 0.3) is 0 Å². The second-order valence-corrected chi connectivity index (χ2v) is 23.8. The van der Waals surface area contributed by atoms with Crippen LogP contribution in [0.1, 0.15) is 55.6 Å². The largest absolute Gasteiger partial charge is 0.0616 e. The van der Waals surface area contributed by atoms with Gasteiger partial charge in [0, 0.05) is 0 Å². The van der Waals surface area contributed by atoms with Crippen molar-refractivity contribution in [1.29, 1.82) is 0 Å². The summed E-state index contributed by atoms with van der Waals surface area (Å²) in [7, 11) is 0. The van der Waals surface area contributed by atoms with Gasteiger partial charge in [0.2, 0.25) is 0 Å². The average molecular weight is 1080 g/mol. The number of hydrogen-bond acceptors (Lipinski definition) is 0. The lowest BCUT2D eigenvalue weighted by Gasteiger charge is -2.14. The molecule has 0 heteroatoms. The zero-order valence-corrected chi connectivity index (χ0v) is 50.1. The molecule has 0 bridgehead atoms. The molecular weight excluding hydrogens is 1010 g/mol. The normalized spacial score (nSPS) is 11.5. The number of hydrogen-bond donors (Lipinski definition) is 0. The van der Waals surface area contributed by atoms with Crippen LogP contribution in [0.2, 0.25) is 0 Å². The first-order valence-electron chi connectivity index (χ1n) is 29.7. The van der Waals surface area contributed by atoms with E-state index in [2.05, 4.69) is 312 Å². The van der Waals surface area contributed by atoms with E-state index >= 15 is 0 Å². The fourth-order valence-electron chi connectivity index (χ4n) is 13.3. The van der Waals surface area contributed by atoms with E-state index in [-0.39, 0.29) is 0 Å². The van der Waals surface area contributed by atoms with Gasteiger partial charge in [-0.3, -0.25) is 0 Å². The highest BCUT2D eigenvalue weighted by atomic mass is 14.2. The number of fused-ring (bicyclic) bond motifs is 6. The molecule has 0 saturated heterocycles. The van der Waals surface area contributed by atoms with E-state index in [1.165, 1.54) is 185 Å². The van der Waals surface area contributed by atoms with Crippen molar-refractivity contribution in [3.8, 4) is 0 Å². The first-order chi connectivity index (χ1) is 40.8. The molecule has 0 radical (unpaired) electrons. The second-order valence-electron chi connectivity index (χ2n) is 23.8. The zero-order chi connectivity index (χ0) is 57.9. The molecule has 0 saturated carbocycles. The van der Waals surface area contributed by atoms with Crippen LogP contribution < -0.4 is 0 Å². The van der Waals surface area contributed by atoms with Crippen LogP contribution in [0.4, 0.5) is 0 Å². The Morgan fingerprint density at radius 3 is 0.988 bits per heavy atom. The van der Waals surface area contributed by atoms with Crippen molar-refractivity contribution in [3.05, 3.63) is 298 Å². The molecule has 17 aromatic rings. The van der Waals surface area contributed by atoms with Gasteiger partial charge in [-0.1, -0.05) is 223 Å². The van der Waals surface area contributed by atoms with Gasteiger partial charge in [0.05, 0.1) is 0 Å². The quantitative estimate of drug-likeness (QED) is 0.105. The summed E-state index contributed by atoms with van der Waals surface area (Å²) in [5.74, 6) is 0. The maximum Gasteiger partial charge on any atom is -0.00239 e. The Hall–Kier alpha value is -9.62. The second kappa shape index (κ2) is 21.9. The van der Waals surface area contributed by atoms with Crippen LogP contribution in [0.3, 0.4) is 0 Å². The summed E-state index contributed by atoms with van der Waals surface area (Å²) in [6, 6.07) is 88.5. The fraction of sp³-hybridized carbons (Fsp3) is 0.119. The van der Waals surface area contributed by atoms with E-state index in [1.54, 1.807) is 0 Å².